The molecule has 0 aliphatic carbocycles. The second-order valence-corrected chi connectivity index (χ2v) is 3.99. The Morgan fingerprint density at radius 2 is 1.76 bits per heavy atom. The van der Waals surface area contributed by atoms with Crippen LogP contribution in [0.1, 0.15) is 6.92 Å². The molecule has 0 fully saturated rings. The summed E-state index contributed by atoms with van der Waals surface area (Å²) < 4.78 is 46.2. The first-order valence-corrected chi connectivity index (χ1v) is 6.21. The number of anilines is 1. The minimum atomic E-state index is -4.78. The Balaban J connectivity index is 2.21. The molecule has 2 aromatic rings. The maximum Gasteiger partial charge on any atom is 0.573 e. The maximum absolute atomic E-state index is 12.3. The van der Waals surface area contributed by atoms with E-state index in [1.165, 1.54) is 18.2 Å². The predicted octanol–water partition coefficient (Wildman–Crippen LogP) is 4.20. The lowest BCUT2D eigenvalue weighted by Crippen LogP contribution is -2.17. The van der Waals surface area contributed by atoms with Crippen LogP contribution in [0.5, 0.6) is 17.4 Å². The van der Waals surface area contributed by atoms with E-state index in [0.29, 0.717) is 12.4 Å². The van der Waals surface area contributed by atoms with E-state index in [4.69, 9.17) is 4.74 Å². The van der Waals surface area contributed by atoms with E-state index >= 15 is 0 Å². The fourth-order valence-corrected chi connectivity index (χ4v) is 1.61. The first-order valence-electron chi connectivity index (χ1n) is 6.21. The molecule has 0 aliphatic rings. The molecule has 1 heterocycles. The molecule has 1 aromatic carbocycles. The molecular weight excluding hydrogens is 285 g/mol. The van der Waals surface area contributed by atoms with Crippen molar-refractivity contribution < 1.29 is 22.6 Å². The summed E-state index contributed by atoms with van der Waals surface area (Å²) >= 11 is 0. The van der Waals surface area contributed by atoms with Crippen molar-refractivity contribution in [1.82, 2.24) is 4.98 Å². The summed E-state index contributed by atoms with van der Waals surface area (Å²) in [6.45, 7) is 2.58. The minimum absolute atomic E-state index is 0.0593. The lowest BCUT2D eigenvalue weighted by molar-refractivity contribution is -0.275. The average molecular weight is 298 g/mol. The quantitative estimate of drug-likeness (QED) is 0.898. The van der Waals surface area contributed by atoms with Gasteiger partial charge in [-0.1, -0.05) is 18.2 Å². The minimum Gasteiger partial charge on any atom is -0.435 e. The van der Waals surface area contributed by atoms with Crippen molar-refractivity contribution >= 4 is 5.82 Å². The molecule has 2 rings (SSSR count). The van der Waals surface area contributed by atoms with Gasteiger partial charge in [-0.05, 0) is 25.1 Å². The topological polar surface area (TPSA) is 43.4 Å². The Labute approximate surface area is 119 Å². The highest BCUT2D eigenvalue weighted by Gasteiger charge is 2.32. The fourth-order valence-electron chi connectivity index (χ4n) is 1.61. The average Bonchev–Trinajstić information content (AvgIpc) is 2.40. The van der Waals surface area contributed by atoms with Crippen molar-refractivity contribution in [3.05, 3.63) is 42.5 Å². The number of ether oxygens (including phenoxy) is 2. The number of aromatic nitrogens is 1. The standard InChI is InChI=1S/C14H13F3N2O2/c1-2-18-12-8-5-9-13(19-12)20-10-6-3-4-7-11(10)21-14(15,16)17/h3-9H,2H2,1H3,(H,18,19). The van der Waals surface area contributed by atoms with Gasteiger partial charge in [-0.25, -0.2) is 0 Å². The first kappa shape index (κ1) is 15.0. The molecule has 7 heteroatoms. The van der Waals surface area contributed by atoms with Crippen molar-refractivity contribution in [3.8, 4) is 17.4 Å². The number of nitrogens with zero attached hydrogens (tertiary/aromatic N) is 1. The molecular formula is C14H13F3N2O2. The van der Waals surface area contributed by atoms with Crippen LogP contribution in [-0.2, 0) is 0 Å². The van der Waals surface area contributed by atoms with Gasteiger partial charge in [0.1, 0.15) is 5.82 Å². The van der Waals surface area contributed by atoms with E-state index < -0.39 is 12.1 Å². The Kier molecular flexibility index (Phi) is 4.52. The Morgan fingerprint density at radius 3 is 2.43 bits per heavy atom. The molecule has 0 radical (unpaired) electrons. The fraction of sp³-hybridized carbons (Fsp3) is 0.214. The van der Waals surface area contributed by atoms with Crippen LogP contribution in [0.25, 0.3) is 0 Å². The SMILES string of the molecule is CCNc1cccc(Oc2ccccc2OC(F)(F)F)n1. The molecule has 0 saturated heterocycles. The highest BCUT2D eigenvalue weighted by Crippen LogP contribution is 2.34. The van der Waals surface area contributed by atoms with Gasteiger partial charge in [-0.15, -0.1) is 13.2 Å². The van der Waals surface area contributed by atoms with E-state index in [0.717, 1.165) is 0 Å². The summed E-state index contributed by atoms with van der Waals surface area (Å²) in [5.41, 5.74) is 0. The number of rotatable bonds is 5. The second kappa shape index (κ2) is 6.34. The third kappa shape index (κ3) is 4.55. The molecule has 0 aliphatic heterocycles. The molecule has 112 valence electrons. The summed E-state index contributed by atoms with van der Waals surface area (Å²) in [4.78, 5) is 4.13. The van der Waals surface area contributed by atoms with Crippen molar-refractivity contribution in [2.45, 2.75) is 13.3 Å². The number of halogens is 3. The zero-order valence-electron chi connectivity index (χ0n) is 11.1. The van der Waals surface area contributed by atoms with E-state index in [9.17, 15) is 13.2 Å². The number of hydrogen-bond acceptors (Lipinski definition) is 4. The van der Waals surface area contributed by atoms with Gasteiger partial charge in [0.15, 0.2) is 11.5 Å². The zero-order chi connectivity index (χ0) is 15.3. The van der Waals surface area contributed by atoms with Gasteiger partial charge in [0.2, 0.25) is 5.88 Å². The van der Waals surface area contributed by atoms with Gasteiger partial charge in [0, 0.05) is 12.6 Å². The molecule has 1 aromatic heterocycles. The van der Waals surface area contributed by atoms with Gasteiger partial charge < -0.3 is 14.8 Å². The molecule has 0 unspecified atom stereocenters. The van der Waals surface area contributed by atoms with Crippen LogP contribution in [0.4, 0.5) is 19.0 Å². The summed E-state index contributed by atoms with van der Waals surface area (Å²) in [5.74, 6) is 0.271. The number of alkyl halides is 3. The second-order valence-electron chi connectivity index (χ2n) is 3.99. The maximum atomic E-state index is 12.3. The number of para-hydroxylation sites is 2. The van der Waals surface area contributed by atoms with Gasteiger partial charge in [-0.2, -0.15) is 4.98 Å². The largest absolute Gasteiger partial charge is 0.573 e. The van der Waals surface area contributed by atoms with Gasteiger partial charge in [0.05, 0.1) is 0 Å². The third-order valence-electron chi connectivity index (χ3n) is 2.37. The van der Waals surface area contributed by atoms with Crippen molar-refractivity contribution in [3.63, 3.8) is 0 Å². The zero-order valence-corrected chi connectivity index (χ0v) is 11.1. The van der Waals surface area contributed by atoms with Crippen LogP contribution in [0.2, 0.25) is 0 Å². The number of benzene rings is 1. The highest BCUT2D eigenvalue weighted by molar-refractivity contribution is 5.43. The summed E-state index contributed by atoms with van der Waals surface area (Å²) in [7, 11) is 0. The Bertz CT molecular complexity index is 603. The monoisotopic (exact) mass is 298 g/mol. The van der Waals surface area contributed by atoms with E-state index in [2.05, 4.69) is 15.0 Å². The molecule has 0 saturated carbocycles. The van der Waals surface area contributed by atoms with Gasteiger partial charge in [0.25, 0.3) is 0 Å². The van der Waals surface area contributed by atoms with Crippen LogP contribution in [0, 0.1) is 0 Å². The Hall–Kier alpha value is -2.44. The predicted molar refractivity (Wildman–Crippen MR) is 71.6 cm³/mol. The number of hydrogen-bond donors (Lipinski definition) is 1. The molecule has 4 nitrogen and oxygen atoms in total. The third-order valence-corrected chi connectivity index (χ3v) is 2.37. The van der Waals surface area contributed by atoms with Crippen LogP contribution < -0.4 is 14.8 Å². The van der Waals surface area contributed by atoms with Crippen molar-refractivity contribution in [2.24, 2.45) is 0 Å². The molecule has 0 atom stereocenters. The molecule has 21 heavy (non-hydrogen) atoms. The lowest BCUT2D eigenvalue weighted by Gasteiger charge is -2.13. The molecule has 0 bridgehead atoms. The summed E-state index contributed by atoms with van der Waals surface area (Å²) in [5, 5.41) is 2.98. The molecule has 0 spiro atoms. The van der Waals surface area contributed by atoms with Crippen molar-refractivity contribution in [1.29, 1.82) is 0 Å². The smallest absolute Gasteiger partial charge is 0.435 e. The van der Waals surface area contributed by atoms with Crippen LogP contribution in [0.15, 0.2) is 42.5 Å². The van der Waals surface area contributed by atoms with Gasteiger partial charge in [-0.3, -0.25) is 0 Å². The van der Waals surface area contributed by atoms with Crippen LogP contribution >= 0.6 is 0 Å². The summed E-state index contributed by atoms with van der Waals surface area (Å²) in [6.07, 6.45) is -4.78. The van der Waals surface area contributed by atoms with E-state index in [1.807, 2.05) is 6.92 Å². The molecule has 0 amide bonds. The van der Waals surface area contributed by atoms with Crippen LogP contribution in [0.3, 0.4) is 0 Å². The summed E-state index contributed by atoms with van der Waals surface area (Å²) in [6, 6.07) is 10.5. The highest BCUT2D eigenvalue weighted by atomic mass is 19.4. The first-order chi connectivity index (χ1) is 9.98. The van der Waals surface area contributed by atoms with E-state index in [1.54, 1.807) is 24.3 Å². The lowest BCUT2D eigenvalue weighted by atomic mass is 10.3. The van der Waals surface area contributed by atoms with Crippen molar-refractivity contribution in [2.75, 3.05) is 11.9 Å². The van der Waals surface area contributed by atoms with Crippen LogP contribution in [-0.4, -0.2) is 17.9 Å². The van der Waals surface area contributed by atoms with Gasteiger partial charge >= 0.3 is 6.36 Å². The Morgan fingerprint density at radius 1 is 1.05 bits per heavy atom. The normalized spacial score (nSPS) is 11.0. The molecule has 1 N–H and O–H groups in total. The number of nitrogens with one attached hydrogen (secondary N) is 1. The van der Waals surface area contributed by atoms with E-state index in [-0.39, 0.29) is 11.6 Å². The number of pyridine rings is 1.